The van der Waals surface area contributed by atoms with Crippen molar-refractivity contribution in [3.63, 3.8) is 0 Å². The molecule has 1 aliphatic rings. The Balaban J connectivity index is 1.65. The fraction of sp³-hybridized carbons (Fsp3) is 0.312. The Hall–Kier alpha value is -2.47. The maximum atomic E-state index is 12.4. The second-order valence-corrected chi connectivity index (χ2v) is 5.04. The fourth-order valence-corrected chi connectivity index (χ4v) is 2.29. The summed E-state index contributed by atoms with van der Waals surface area (Å²) in [6, 6.07) is 7.55. The minimum absolute atomic E-state index is 0.0455. The van der Waals surface area contributed by atoms with Gasteiger partial charge in [-0.05, 0) is 29.8 Å². The van der Waals surface area contributed by atoms with Gasteiger partial charge >= 0.3 is 0 Å². The van der Waals surface area contributed by atoms with Crippen molar-refractivity contribution in [1.82, 2.24) is 14.9 Å². The topological polar surface area (TPSA) is 67.4 Å². The largest absolute Gasteiger partial charge is 0.381 e. The molecule has 1 saturated heterocycles. The highest BCUT2D eigenvalue weighted by Crippen LogP contribution is 2.12. The molecule has 0 atom stereocenters. The molecule has 0 bridgehead atoms. The van der Waals surface area contributed by atoms with E-state index in [9.17, 15) is 4.79 Å². The van der Waals surface area contributed by atoms with Crippen LogP contribution in [-0.2, 0) is 11.3 Å². The second kappa shape index (κ2) is 7.00. The molecule has 0 radical (unpaired) electrons. The van der Waals surface area contributed by atoms with Crippen molar-refractivity contribution in [3.05, 3.63) is 54.1 Å². The Morgan fingerprint density at radius 3 is 2.73 bits per heavy atom. The molecule has 3 heterocycles. The molecule has 0 aromatic carbocycles. The summed E-state index contributed by atoms with van der Waals surface area (Å²) in [6.45, 7) is 3.10. The third-order valence-electron chi connectivity index (χ3n) is 3.52. The number of nitrogens with one attached hydrogen (secondary N) is 1. The molecule has 1 N–H and O–H groups in total. The number of morpholine rings is 1. The molecule has 0 aliphatic carbocycles. The van der Waals surface area contributed by atoms with Crippen LogP contribution >= 0.6 is 0 Å². The Kier molecular flexibility index (Phi) is 4.60. The van der Waals surface area contributed by atoms with E-state index in [1.54, 1.807) is 29.6 Å². The molecule has 6 heteroatoms. The average molecular weight is 298 g/mol. The van der Waals surface area contributed by atoms with Gasteiger partial charge in [-0.15, -0.1) is 0 Å². The van der Waals surface area contributed by atoms with Gasteiger partial charge in [0.15, 0.2) is 0 Å². The van der Waals surface area contributed by atoms with Gasteiger partial charge in [0.2, 0.25) is 0 Å². The lowest BCUT2D eigenvalue weighted by Crippen LogP contribution is -2.41. The number of carbonyl (C=O) groups is 1. The third kappa shape index (κ3) is 3.59. The van der Waals surface area contributed by atoms with E-state index in [1.807, 2.05) is 18.2 Å². The van der Waals surface area contributed by atoms with E-state index >= 15 is 0 Å². The number of rotatable bonds is 4. The van der Waals surface area contributed by atoms with Crippen molar-refractivity contribution < 1.29 is 9.53 Å². The molecule has 1 fully saturated rings. The van der Waals surface area contributed by atoms with Crippen LogP contribution in [0.25, 0.3) is 0 Å². The minimum atomic E-state index is -0.0455. The number of carbonyl (C=O) groups excluding carboxylic acids is 1. The number of hydrogen-bond donors (Lipinski definition) is 1. The van der Waals surface area contributed by atoms with E-state index < -0.39 is 0 Å². The standard InChI is InChI=1S/C16H18N4O2/c21-16(20-7-9-22-10-8-20)15-11-14(3-6-18-15)19-12-13-1-4-17-5-2-13/h1-6,11H,7-10,12H2,(H,18,19). The second-order valence-electron chi connectivity index (χ2n) is 5.04. The zero-order valence-electron chi connectivity index (χ0n) is 12.2. The molecular formula is C16H18N4O2. The van der Waals surface area contributed by atoms with Gasteiger partial charge in [-0.3, -0.25) is 14.8 Å². The lowest BCUT2D eigenvalue weighted by atomic mass is 10.2. The molecule has 2 aromatic heterocycles. The first-order valence-corrected chi connectivity index (χ1v) is 7.29. The summed E-state index contributed by atoms with van der Waals surface area (Å²) < 4.78 is 5.27. The molecule has 6 nitrogen and oxygen atoms in total. The van der Waals surface area contributed by atoms with Gasteiger partial charge in [0.1, 0.15) is 5.69 Å². The molecule has 0 saturated carbocycles. The Labute approximate surface area is 129 Å². The van der Waals surface area contributed by atoms with E-state index in [2.05, 4.69) is 15.3 Å². The first-order chi connectivity index (χ1) is 10.8. The van der Waals surface area contributed by atoms with Crippen molar-refractivity contribution in [2.75, 3.05) is 31.6 Å². The Morgan fingerprint density at radius 1 is 1.18 bits per heavy atom. The number of amides is 1. The summed E-state index contributed by atoms with van der Waals surface area (Å²) in [5.41, 5.74) is 2.47. The van der Waals surface area contributed by atoms with Crippen molar-refractivity contribution in [3.8, 4) is 0 Å². The van der Waals surface area contributed by atoms with Crippen molar-refractivity contribution in [2.45, 2.75) is 6.54 Å². The summed E-state index contributed by atoms with van der Waals surface area (Å²) >= 11 is 0. The van der Waals surface area contributed by atoms with E-state index in [-0.39, 0.29) is 5.91 Å². The monoisotopic (exact) mass is 298 g/mol. The van der Waals surface area contributed by atoms with Crippen molar-refractivity contribution in [1.29, 1.82) is 0 Å². The molecular weight excluding hydrogens is 280 g/mol. The molecule has 114 valence electrons. The molecule has 2 aromatic rings. The number of nitrogens with zero attached hydrogens (tertiary/aromatic N) is 3. The molecule has 1 amide bonds. The van der Waals surface area contributed by atoms with Crippen LogP contribution in [-0.4, -0.2) is 47.1 Å². The summed E-state index contributed by atoms with van der Waals surface area (Å²) in [6.07, 6.45) is 5.18. The van der Waals surface area contributed by atoms with E-state index in [0.717, 1.165) is 11.3 Å². The van der Waals surface area contributed by atoms with Crippen LogP contribution < -0.4 is 5.32 Å². The van der Waals surface area contributed by atoms with Crippen LogP contribution in [0.15, 0.2) is 42.9 Å². The van der Waals surface area contributed by atoms with Gasteiger partial charge in [0, 0.05) is 43.9 Å². The van der Waals surface area contributed by atoms with Gasteiger partial charge < -0.3 is 15.0 Å². The summed E-state index contributed by atoms with van der Waals surface area (Å²) in [5.74, 6) is -0.0455. The smallest absolute Gasteiger partial charge is 0.272 e. The van der Waals surface area contributed by atoms with Gasteiger partial charge in [-0.2, -0.15) is 0 Å². The summed E-state index contributed by atoms with van der Waals surface area (Å²) in [5, 5.41) is 3.30. The van der Waals surface area contributed by atoms with Crippen molar-refractivity contribution >= 4 is 11.6 Å². The summed E-state index contributed by atoms with van der Waals surface area (Å²) in [4.78, 5) is 22.4. The number of aromatic nitrogens is 2. The average Bonchev–Trinajstić information content (AvgIpc) is 2.61. The van der Waals surface area contributed by atoms with Gasteiger partial charge in [0.05, 0.1) is 13.2 Å². The van der Waals surface area contributed by atoms with Gasteiger partial charge in [-0.1, -0.05) is 0 Å². The van der Waals surface area contributed by atoms with E-state index in [0.29, 0.717) is 38.5 Å². The van der Waals surface area contributed by atoms with Crippen LogP contribution in [0.2, 0.25) is 0 Å². The Morgan fingerprint density at radius 2 is 1.95 bits per heavy atom. The third-order valence-corrected chi connectivity index (χ3v) is 3.52. The maximum absolute atomic E-state index is 12.4. The maximum Gasteiger partial charge on any atom is 0.272 e. The molecule has 22 heavy (non-hydrogen) atoms. The van der Waals surface area contributed by atoms with Crippen LogP contribution in [0, 0.1) is 0 Å². The number of ether oxygens (including phenoxy) is 1. The normalized spacial score (nSPS) is 14.6. The molecule has 0 spiro atoms. The van der Waals surface area contributed by atoms with Crippen molar-refractivity contribution in [2.24, 2.45) is 0 Å². The van der Waals surface area contributed by atoms with Crippen LogP contribution in [0.4, 0.5) is 5.69 Å². The van der Waals surface area contributed by atoms with Crippen LogP contribution in [0.3, 0.4) is 0 Å². The number of anilines is 1. The molecule has 3 rings (SSSR count). The quantitative estimate of drug-likeness (QED) is 0.928. The van der Waals surface area contributed by atoms with Crippen LogP contribution in [0.1, 0.15) is 16.1 Å². The molecule has 1 aliphatic heterocycles. The van der Waals surface area contributed by atoms with Gasteiger partial charge in [-0.25, -0.2) is 0 Å². The predicted molar refractivity (Wildman–Crippen MR) is 82.5 cm³/mol. The fourth-order valence-electron chi connectivity index (χ4n) is 2.29. The van der Waals surface area contributed by atoms with E-state index in [1.165, 1.54) is 0 Å². The lowest BCUT2D eigenvalue weighted by Gasteiger charge is -2.26. The summed E-state index contributed by atoms with van der Waals surface area (Å²) in [7, 11) is 0. The predicted octanol–water partition coefficient (Wildman–Crippen LogP) is 1.56. The number of hydrogen-bond acceptors (Lipinski definition) is 5. The highest BCUT2D eigenvalue weighted by molar-refractivity contribution is 5.93. The zero-order chi connectivity index (χ0) is 15.2. The molecule has 0 unspecified atom stereocenters. The minimum Gasteiger partial charge on any atom is -0.381 e. The Bertz CT molecular complexity index is 627. The highest BCUT2D eigenvalue weighted by atomic mass is 16.5. The highest BCUT2D eigenvalue weighted by Gasteiger charge is 2.19. The zero-order valence-corrected chi connectivity index (χ0v) is 12.2. The number of pyridine rings is 2. The van der Waals surface area contributed by atoms with E-state index in [4.69, 9.17) is 4.74 Å². The lowest BCUT2D eigenvalue weighted by molar-refractivity contribution is 0.0299. The first kappa shape index (κ1) is 14.5. The van der Waals surface area contributed by atoms with Gasteiger partial charge in [0.25, 0.3) is 5.91 Å². The SMILES string of the molecule is O=C(c1cc(NCc2ccncc2)ccn1)N1CCOCC1. The first-order valence-electron chi connectivity index (χ1n) is 7.29. The van der Waals surface area contributed by atoms with Crippen LogP contribution in [0.5, 0.6) is 0 Å².